The molecule has 0 saturated carbocycles. The molecular weight excluding hydrogens is 336 g/mol. The summed E-state index contributed by atoms with van der Waals surface area (Å²) in [5.74, 6) is 0. The zero-order valence-corrected chi connectivity index (χ0v) is 14.9. The van der Waals surface area contributed by atoms with E-state index in [1.807, 2.05) is 60.3 Å². The number of rotatable bonds is 4. The van der Waals surface area contributed by atoms with E-state index in [1.165, 1.54) is 0 Å². The van der Waals surface area contributed by atoms with Crippen molar-refractivity contribution >= 4 is 10.9 Å². The summed E-state index contributed by atoms with van der Waals surface area (Å²) in [5, 5.41) is 14.7. The Kier molecular flexibility index (Phi) is 4.37. The Hall–Kier alpha value is -3.56. The van der Waals surface area contributed by atoms with Gasteiger partial charge in [0.05, 0.1) is 29.1 Å². The minimum absolute atomic E-state index is 0.371. The van der Waals surface area contributed by atoms with Crippen LogP contribution >= 0.6 is 0 Å². The second-order valence-corrected chi connectivity index (χ2v) is 6.41. The van der Waals surface area contributed by atoms with Crippen LogP contribution in [0.25, 0.3) is 16.6 Å². The van der Waals surface area contributed by atoms with Crippen LogP contribution in [0.15, 0.2) is 60.9 Å². The Morgan fingerprint density at radius 2 is 2.00 bits per heavy atom. The van der Waals surface area contributed by atoms with Crippen molar-refractivity contribution in [1.29, 1.82) is 5.26 Å². The number of benzene rings is 1. The highest BCUT2D eigenvalue weighted by Crippen LogP contribution is 2.24. The van der Waals surface area contributed by atoms with Gasteiger partial charge in [0.25, 0.3) is 0 Å². The summed E-state index contributed by atoms with van der Waals surface area (Å²) in [6.45, 7) is 1.97. The molecule has 0 aliphatic carbocycles. The van der Waals surface area contributed by atoms with E-state index in [-0.39, 0.29) is 6.04 Å². The van der Waals surface area contributed by atoms with Crippen LogP contribution in [0, 0.1) is 18.3 Å². The predicted molar refractivity (Wildman–Crippen MR) is 103 cm³/mol. The summed E-state index contributed by atoms with van der Waals surface area (Å²) in [4.78, 5) is 8.94. The van der Waals surface area contributed by atoms with Crippen molar-refractivity contribution in [1.82, 2.24) is 19.7 Å². The van der Waals surface area contributed by atoms with E-state index in [2.05, 4.69) is 21.1 Å². The Morgan fingerprint density at radius 3 is 2.85 bits per heavy atom. The lowest BCUT2D eigenvalue weighted by atomic mass is 10.0. The second kappa shape index (κ2) is 6.98. The summed E-state index contributed by atoms with van der Waals surface area (Å²) in [7, 11) is 0. The highest BCUT2D eigenvalue weighted by molar-refractivity contribution is 5.80. The Morgan fingerprint density at radius 1 is 1.15 bits per heavy atom. The van der Waals surface area contributed by atoms with Crippen LogP contribution in [0.2, 0.25) is 0 Å². The van der Waals surface area contributed by atoms with E-state index in [0.717, 1.165) is 33.5 Å². The fraction of sp³-hybridized carbons (Fsp3) is 0.143. The highest BCUT2D eigenvalue weighted by atomic mass is 15.3. The molecule has 3 heterocycles. The normalized spacial score (nSPS) is 12.0. The molecule has 2 N–H and O–H groups in total. The maximum Gasteiger partial charge on any atom is 0.140 e. The molecule has 6 heteroatoms. The Balaban J connectivity index is 1.74. The summed E-state index contributed by atoms with van der Waals surface area (Å²) in [6, 6.07) is 17.2. The van der Waals surface area contributed by atoms with Crippen molar-refractivity contribution in [2.45, 2.75) is 19.4 Å². The summed E-state index contributed by atoms with van der Waals surface area (Å²) >= 11 is 0. The van der Waals surface area contributed by atoms with Crippen LogP contribution in [0.5, 0.6) is 0 Å². The number of aryl methyl sites for hydroxylation is 1. The first-order chi connectivity index (χ1) is 13.2. The molecule has 0 bridgehead atoms. The van der Waals surface area contributed by atoms with Gasteiger partial charge < -0.3 is 5.73 Å². The van der Waals surface area contributed by atoms with E-state index in [0.29, 0.717) is 12.1 Å². The SMILES string of the molecule is Cc1ccc(C#N)nc1CC(N)c1ncccc1-n1ncc2ccccc21. The molecule has 4 rings (SSSR count). The summed E-state index contributed by atoms with van der Waals surface area (Å²) in [6.07, 6.45) is 4.06. The molecule has 132 valence electrons. The van der Waals surface area contributed by atoms with Gasteiger partial charge in [-0.05, 0) is 36.8 Å². The minimum Gasteiger partial charge on any atom is -0.322 e. The third-order valence-electron chi connectivity index (χ3n) is 4.60. The standard InChI is InChI=1S/C21H18N6/c1-14-8-9-16(12-22)26-18(14)11-17(23)21-20(7-4-10-24-21)27-19-6-3-2-5-15(19)13-25-27/h2-10,13,17H,11,23H2,1H3. The Bertz CT molecular complexity index is 1150. The quantitative estimate of drug-likeness (QED) is 0.607. The van der Waals surface area contributed by atoms with Gasteiger partial charge in [-0.15, -0.1) is 0 Å². The lowest BCUT2D eigenvalue weighted by Gasteiger charge is -2.16. The van der Waals surface area contributed by atoms with Gasteiger partial charge >= 0.3 is 0 Å². The molecule has 1 aromatic carbocycles. The highest BCUT2D eigenvalue weighted by Gasteiger charge is 2.18. The molecule has 0 amide bonds. The number of hydrogen-bond acceptors (Lipinski definition) is 5. The topological polar surface area (TPSA) is 93.4 Å². The molecule has 0 fully saturated rings. The summed E-state index contributed by atoms with van der Waals surface area (Å²) < 4.78 is 1.86. The van der Waals surface area contributed by atoms with Gasteiger partial charge in [-0.3, -0.25) is 4.98 Å². The van der Waals surface area contributed by atoms with Gasteiger partial charge in [-0.1, -0.05) is 24.3 Å². The Labute approximate surface area is 156 Å². The van der Waals surface area contributed by atoms with Crippen LogP contribution in [-0.4, -0.2) is 19.7 Å². The fourth-order valence-corrected chi connectivity index (χ4v) is 3.18. The first-order valence-electron chi connectivity index (χ1n) is 8.67. The molecular formula is C21H18N6. The van der Waals surface area contributed by atoms with Gasteiger partial charge in [0.15, 0.2) is 0 Å². The lowest BCUT2D eigenvalue weighted by molar-refractivity contribution is 0.669. The number of fused-ring (bicyclic) bond motifs is 1. The van der Waals surface area contributed by atoms with Gasteiger partial charge in [-0.2, -0.15) is 10.4 Å². The predicted octanol–water partition coefficient (Wildman–Crippen LogP) is 3.24. The zero-order chi connectivity index (χ0) is 18.8. The van der Waals surface area contributed by atoms with Crippen molar-refractivity contribution in [3.63, 3.8) is 0 Å². The van der Waals surface area contributed by atoms with E-state index in [4.69, 9.17) is 11.0 Å². The van der Waals surface area contributed by atoms with E-state index in [1.54, 1.807) is 12.3 Å². The number of nitriles is 1. The van der Waals surface area contributed by atoms with Crippen LogP contribution < -0.4 is 5.73 Å². The van der Waals surface area contributed by atoms with Crippen LogP contribution in [0.4, 0.5) is 0 Å². The molecule has 1 atom stereocenters. The molecule has 6 nitrogen and oxygen atoms in total. The number of nitrogens with two attached hydrogens (primary N) is 1. The maximum atomic E-state index is 9.11. The molecule has 0 saturated heterocycles. The monoisotopic (exact) mass is 354 g/mol. The molecule has 3 aromatic heterocycles. The van der Waals surface area contributed by atoms with E-state index >= 15 is 0 Å². The number of aromatic nitrogens is 4. The maximum absolute atomic E-state index is 9.11. The first kappa shape index (κ1) is 16.9. The van der Waals surface area contributed by atoms with Gasteiger partial charge in [-0.25, -0.2) is 9.67 Å². The second-order valence-electron chi connectivity index (χ2n) is 6.41. The largest absolute Gasteiger partial charge is 0.322 e. The van der Waals surface area contributed by atoms with Crippen molar-refractivity contribution in [2.75, 3.05) is 0 Å². The molecule has 0 spiro atoms. The van der Waals surface area contributed by atoms with Crippen LogP contribution in [0.1, 0.15) is 28.7 Å². The average molecular weight is 354 g/mol. The number of para-hydroxylation sites is 1. The number of nitrogens with zero attached hydrogens (tertiary/aromatic N) is 5. The smallest absolute Gasteiger partial charge is 0.140 e. The molecule has 27 heavy (non-hydrogen) atoms. The number of hydrogen-bond donors (Lipinski definition) is 1. The lowest BCUT2D eigenvalue weighted by Crippen LogP contribution is -2.19. The van der Waals surface area contributed by atoms with Crippen molar-refractivity contribution in [3.8, 4) is 11.8 Å². The number of pyridine rings is 2. The van der Waals surface area contributed by atoms with Gasteiger partial charge in [0.2, 0.25) is 0 Å². The van der Waals surface area contributed by atoms with E-state index < -0.39 is 0 Å². The first-order valence-corrected chi connectivity index (χ1v) is 8.67. The van der Waals surface area contributed by atoms with Crippen molar-refractivity contribution in [3.05, 3.63) is 83.6 Å². The molecule has 0 aliphatic rings. The fourth-order valence-electron chi connectivity index (χ4n) is 3.18. The molecule has 0 aliphatic heterocycles. The van der Waals surface area contributed by atoms with Crippen LogP contribution in [-0.2, 0) is 6.42 Å². The molecule has 1 unspecified atom stereocenters. The third-order valence-corrected chi connectivity index (χ3v) is 4.60. The van der Waals surface area contributed by atoms with Gasteiger partial charge in [0.1, 0.15) is 11.8 Å². The van der Waals surface area contributed by atoms with Crippen LogP contribution in [0.3, 0.4) is 0 Å². The minimum atomic E-state index is -0.371. The van der Waals surface area contributed by atoms with Gasteiger partial charge in [0, 0.05) is 23.7 Å². The third kappa shape index (κ3) is 3.16. The van der Waals surface area contributed by atoms with E-state index in [9.17, 15) is 0 Å². The summed E-state index contributed by atoms with van der Waals surface area (Å²) in [5.41, 5.74) is 11.3. The average Bonchev–Trinajstić information content (AvgIpc) is 3.13. The van der Waals surface area contributed by atoms with Crippen molar-refractivity contribution < 1.29 is 0 Å². The molecule has 0 radical (unpaired) electrons. The van der Waals surface area contributed by atoms with Crippen molar-refractivity contribution in [2.24, 2.45) is 5.73 Å². The molecule has 4 aromatic rings. The zero-order valence-electron chi connectivity index (χ0n) is 14.9.